The van der Waals surface area contributed by atoms with Crippen molar-refractivity contribution in [2.24, 2.45) is 0 Å². The maximum Gasteiger partial charge on any atom is 0.407 e. The molecule has 1 aliphatic rings. The van der Waals surface area contributed by atoms with Crippen LogP contribution in [0, 0.1) is 0 Å². The Balaban J connectivity index is 1.48. The van der Waals surface area contributed by atoms with Crippen LogP contribution >= 0.6 is 0 Å². The van der Waals surface area contributed by atoms with E-state index in [1.165, 1.54) is 11.0 Å². The normalized spacial score (nSPS) is 13.1. The molecule has 0 bridgehead atoms. The number of carbonyl (C=O) groups is 1. The summed E-state index contributed by atoms with van der Waals surface area (Å²) in [5, 5.41) is 10.5. The first kappa shape index (κ1) is 22.7. The zero-order valence-electron chi connectivity index (χ0n) is 19.5. The molecule has 4 aromatic rings. The average Bonchev–Trinajstić information content (AvgIpc) is 3.19. The van der Waals surface area contributed by atoms with Crippen molar-refractivity contribution in [3.8, 4) is 11.4 Å². The Morgan fingerprint density at radius 1 is 1.09 bits per heavy atom. The lowest BCUT2D eigenvalue weighted by molar-refractivity contribution is 0.0875. The van der Waals surface area contributed by atoms with Crippen molar-refractivity contribution >= 4 is 17.0 Å². The third-order valence-corrected chi connectivity index (χ3v) is 6.35. The molecule has 8 heteroatoms. The molecule has 0 spiro atoms. The number of amides is 1. The second kappa shape index (κ2) is 9.68. The van der Waals surface area contributed by atoms with Gasteiger partial charge in [0.15, 0.2) is 0 Å². The molecule has 0 aliphatic carbocycles. The monoisotopic (exact) mass is 473 g/mol. The molecule has 0 unspecified atom stereocenters. The molecule has 5 rings (SSSR count). The van der Waals surface area contributed by atoms with Crippen LogP contribution in [0.3, 0.4) is 0 Å². The third-order valence-electron chi connectivity index (χ3n) is 6.35. The molecule has 1 N–H and O–H groups in total. The van der Waals surface area contributed by atoms with Crippen LogP contribution in [0.25, 0.3) is 16.6 Å². The Hall–Kier alpha value is -4.04. The molecule has 0 fully saturated rings. The van der Waals surface area contributed by atoms with E-state index in [2.05, 4.69) is 4.57 Å². The lowest BCUT2D eigenvalue weighted by atomic mass is 10.0. The lowest BCUT2D eigenvalue weighted by Gasteiger charge is -2.25. The van der Waals surface area contributed by atoms with Crippen molar-refractivity contribution in [3.05, 3.63) is 94.0 Å². The minimum atomic E-state index is -0.917. The highest BCUT2D eigenvalue weighted by atomic mass is 16.5. The summed E-state index contributed by atoms with van der Waals surface area (Å²) < 4.78 is 15.2. The van der Waals surface area contributed by atoms with Gasteiger partial charge in [-0.1, -0.05) is 36.4 Å². The lowest BCUT2D eigenvalue weighted by Crippen LogP contribution is -2.35. The minimum absolute atomic E-state index is 0.195. The number of fused-ring (bicyclic) bond motifs is 3. The van der Waals surface area contributed by atoms with Crippen LogP contribution in [0.2, 0.25) is 0 Å². The van der Waals surface area contributed by atoms with E-state index in [0.29, 0.717) is 45.2 Å². The zero-order chi connectivity index (χ0) is 24.4. The molecular weight excluding hydrogens is 446 g/mol. The highest BCUT2D eigenvalue weighted by Gasteiger charge is 2.26. The fourth-order valence-electron chi connectivity index (χ4n) is 4.58. The van der Waals surface area contributed by atoms with Gasteiger partial charge in [-0.05, 0) is 30.7 Å². The fourth-order valence-corrected chi connectivity index (χ4v) is 4.58. The Labute approximate surface area is 202 Å². The summed E-state index contributed by atoms with van der Waals surface area (Å²) in [5.74, 6) is 0.514. The number of hydrogen-bond acceptors (Lipinski definition) is 4. The summed E-state index contributed by atoms with van der Waals surface area (Å²) in [4.78, 5) is 25.9. The van der Waals surface area contributed by atoms with Crippen molar-refractivity contribution in [3.63, 3.8) is 0 Å². The van der Waals surface area contributed by atoms with Gasteiger partial charge in [-0.2, -0.15) is 0 Å². The van der Waals surface area contributed by atoms with Crippen LogP contribution in [0.1, 0.15) is 23.7 Å². The molecule has 180 valence electrons. The maximum atomic E-state index is 12.9. The third kappa shape index (κ3) is 4.52. The van der Waals surface area contributed by atoms with Gasteiger partial charge in [0.2, 0.25) is 0 Å². The first-order valence-corrected chi connectivity index (χ1v) is 11.6. The van der Waals surface area contributed by atoms with Gasteiger partial charge in [-0.3, -0.25) is 9.36 Å². The summed E-state index contributed by atoms with van der Waals surface area (Å²) in [6.07, 6.45) is 1.41. The number of nitrogens with zero attached hydrogens (tertiary/aromatic N) is 3. The largest absolute Gasteiger partial charge is 0.489 e. The summed E-state index contributed by atoms with van der Waals surface area (Å²) in [6, 6.07) is 18.9. The van der Waals surface area contributed by atoms with Crippen LogP contribution in [-0.4, -0.2) is 38.4 Å². The number of benzene rings is 2. The predicted octanol–water partition coefficient (Wildman–Crippen LogP) is 4.40. The standard InChI is InChI=1S/C27H27N3O5/c1-2-34-18-30-24-11-12-28(27(32)33)16-23(24)22-9-8-20(14-25(22)30)29-13-10-21(15-26(29)31)35-17-19-6-4-3-5-7-19/h3-10,13-15H,2,11-12,16-18H2,1H3,(H,32,33). The Bertz CT molecular complexity index is 1420. The second-order valence-electron chi connectivity index (χ2n) is 8.48. The zero-order valence-corrected chi connectivity index (χ0v) is 19.5. The summed E-state index contributed by atoms with van der Waals surface area (Å²) >= 11 is 0. The van der Waals surface area contributed by atoms with Crippen LogP contribution in [0.4, 0.5) is 4.79 Å². The van der Waals surface area contributed by atoms with E-state index in [1.807, 2.05) is 55.5 Å². The molecule has 2 aromatic carbocycles. The summed E-state index contributed by atoms with van der Waals surface area (Å²) in [5.41, 5.74) is 4.56. The van der Waals surface area contributed by atoms with Gasteiger partial charge in [0.25, 0.3) is 5.56 Å². The smallest absolute Gasteiger partial charge is 0.407 e. The van der Waals surface area contributed by atoms with Crippen molar-refractivity contribution < 1.29 is 19.4 Å². The average molecular weight is 474 g/mol. The van der Waals surface area contributed by atoms with Crippen molar-refractivity contribution in [1.29, 1.82) is 0 Å². The first-order chi connectivity index (χ1) is 17.0. The van der Waals surface area contributed by atoms with Gasteiger partial charge in [-0.15, -0.1) is 0 Å². The van der Waals surface area contributed by atoms with Gasteiger partial charge in [0.05, 0.1) is 17.7 Å². The number of hydrogen-bond donors (Lipinski definition) is 1. The van der Waals surface area contributed by atoms with Crippen molar-refractivity contribution in [2.75, 3.05) is 13.2 Å². The molecule has 35 heavy (non-hydrogen) atoms. The van der Waals surface area contributed by atoms with Gasteiger partial charge in [0.1, 0.15) is 19.1 Å². The first-order valence-electron chi connectivity index (χ1n) is 11.6. The maximum absolute atomic E-state index is 12.9. The molecule has 3 heterocycles. The van der Waals surface area contributed by atoms with Crippen LogP contribution < -0.4 is 10.3 Å². The van der Waals surface area contributed by atoms with Crippen LogP contribution in [0.5, 0.6) is 5.75 Å². The number of aromatic nitrogens is 2. The highest BCUT2D eigenvalue weighted by Crippen LogP contribution is 2.32. The van der Waals surface area contributed by atoms with E-state index >= 15 is 0 Å². The van der Waals surface area contributed by atoms with Crippen LogP contribution in [0.15, 0.2) is 71.7 Å². The van der Waals surface area contributed by atoms with E-state index in [9.17, 15) is 14.7 Å². The molecule has 0 saturated carbocycles. The minimum Gasteiger partial charge on any atom is -0.489 e. The number of ether oxygens (including phenoxy) is 2. The number of carboxylic acid groups (broad SMARTS) is 1. The predicted molar refractivity (Wildman–Crippen MR) is 132 cm³/mol. The van der Waals surface area contributed by atoms with E-state index in [1.54, 1.807) is 16.8 Å². The van der Waals surface area contributed by atoms with E-state index in [4.69, 9.17) is 9.47 Å². The Kier molecular flexibility index (Phi) is 6.29. The fraction of sp³-hybridized carbons (Fsp3) is 0.259. The van der Waals surface area contributed by atoms with E-state index < -0.39 is 6.09 Å². The number of pyridine rings is 1. The molecule has 0 atom stereocenters. The molecule has 1 aliphatic heterocycles. The van der Waals surface area contributed by atoms with Gasteiger partial charge in [-0.25, -0.2) is 4.79 Å². The van der Waals surface area contributed by atoms with Crippen molar-refractivity contribution in [1.82, 2.24) is 14.0 Å². The quantitative estimate of drug-likeness (QED) is 0.430. The second-order valence-corrected chi connectivity index (χ2v) is 8.48. The molecule has 0 radical (unpaired) electrons. The number of rotatable bonds is 7. The summed E-state index contributed by atoms with van der Waals surface area (Å²) in [6.45, 7) is 4.06. The van der Waals surface area contributed by atoms with Gasteiger partial charge < -0.3 is 24.0 Å². The highest BCUT2D eigenvalue weighted by molar-refractivity contribution is 5.88. The molecule has 8 nitrogen and oxygen atoms in total. The van der Waals surface area contributed by atoms with Gasteiger partial charge >= 0.3 is 6.09 Å². The SMILES string of the molecule is CCOCn1c2c(c3ccc(-n4ccc(OCc5ccccc5)cc4=O)cc31)CN(C(=O)O)CC2. The van der Waals surface area contributed by atoms with Crippen molar-refractivity contribution in [2.45, 2.75) is 33.2 Å². The van der Waals surface area contributed by atoms with Gasteiger partial charge in [0, 0.05) is 48.5 Å². The Morgan fingerprint density at radius 3 is 2.66 bits per heavy atom. The topological polar surface area (TPSA) is 85.9 Å². The molecule has 1 amide bonds. The molecule has 2 aromatic heterocycles. The molecular formula is C27H27N3O5. The molecule has 0 saturated heterocycles. The van der Waals surface area contributed by atoms with E-state index in [0.717, 1.165) is 33.4 Å². The Morgan fingerprint density at radius 2 is 1.91 bits per heavy atom. The summed E-state index contributed by atoms with van der Waals surface area (Å²) in [7, 11) is 0. The van der Waals surface area contributed by atoms with E-state index in [-0.39, 0.29) is 5.56 Å². The van der Waals surface area contributed by atoms with Crippen LogP contribution in [-0.2, 0) is 31.0 Å².